The van der Waals surface area contributed by atoms with Crippen molar-refractivity contribution in [3.05, 3.63) is 30.1 Å². The highest BCUT2D eigenvalue weighted by Crippen LogP contribution is 1.99. The van der Waals surface area contributed by atoms with E-state index < -0.39 is 0 Å². The number of pyridine rings is 1. The van der Waals surface area contributed by atoms with Crippen LogP contribution in [0.1, 0.15) is 12.1 Å². The summed E-state index contributed by atoms with van der Waals surface area (Å²) in [6.07, 6.45) is 2.65. The lowest BCUT2D eigenvalue weighted by atomic mass is 10.3. The summed E-state index contributed by atoms with van der Waals surface area (Å²) in [5.41, 5.74) is 3.58. The molecule has 18 heavy (non-hydrogen) atoms. The molecule has 6 heteroatoms. The van der Waals surface area contributed by atoms with Crippen molar-refractivity contribution in [2.45, 2.75) is 13.0 Å². The van der Waals surface area contributed by atoms with Crippen LogP contribution >= 0.6 is 0 Å². The molecule has 0 saturated carbocycles. The number of aliphatic imine (C=N–C) groups is 1. The van der Waals surface area contributed by atoms with Gasteiger partial charge in [0.1, 0.15) is 0 Å². The Kier molecular flexibility index (Phi) is 6.75. The molecule has 6 nitrogen and oxygen atoms in total. The molecule has 0 atom stereocenters. The second-order valence-electron chi connectivity index (χ2n) is 3.87. The molecular formula is C12H21N5O. The van der Waals surface area contributed by atoms with Crippen molar-refractivity contribution >= 4 is 5.96 Å². The van der Waals surface area contributed by atoms with Crippen LogP contribution < -0.4 is 11.3 Å². The average molecular weight is 251 g/mol. The van der Waals surface area contributed by atoms with Crippen molar-refractivity contribution in [2.75, 3.05) is 27.3 Å². The van der Waals surface area contributed by atoms with Gasteiger partial charge in [-0.1, -0.05) is 6.07 Å². The van der Waals surface area contributed by atoms with Crippen LogP contribution in [-0.4, -0.2) is 43.2 Å². The first-order valence-corrected chi connectivity index (χ1v) is 5.89. The maximum atomic E-state index is 5.47. The third-order valence-corrected chi connectivity index (χ3v) is 2.38. The lowest BCUT2D eigenvalue weighted by Gasteiger charge is -2.20. The van der Waals surface area contributed by atoms with Gasteiger partial charge in [0.25, 0.3) is 0 Å². The monoisotopic (exact) mass is 251 g/mol. The molecule has 0 aliphatic carbocycles. The van der Waals surface area contributed by atoms with Gasteiger partial charge in [0, 0.05) is 33.5 Å². The lowest BCUT2D eigenvalue weighted by molar-refractivity contribution is 0.197. The highest BCUT2D eigenvalue weighted by molar-refractivity contribution is 5.79. The first-order valence-electron chi connectivity index (χ1n) is 5.89. The van der Waals surface area contributed by atoms with Crippen molar-refractivity contribution in [3.63, 3.8) is 0 Å². The van der Waals surface area contributed by atoms with Crippen LogP contribution in [0.5, 0.6) is 0 Å². The van der Waals surface area contributed by atoms with E-state index in [1.54, 1.807) is 13.3 Å². The van der Waals surface area contributed by atoms with E-state index in [1.807, 2.05) is 30.1 Å². The third kappa shape index (κ3) is 5.11. The summed E-state index contributed by atoms with van der Waals surface area (Å²) in [6, 6.07) is 5.82. The highest BCUT2D eigenvalue weighted by atomic mass is 16.5. The lowest BCUT2D eigenvalue weighted by Crippen LogP contribution is -2.42. The Hall–Kier alpha value is -1.66. The first-order chi connectivity index (χ1) is 8.77. The number of hydrogen-bond acceptors (Lipinski definition) is 4. The van der Waals surface area contributed by atoms with E-state index in [0.717, 1.165) is 12.1 Å². The normalized spacial score (nSPS) is 11.4. The molecule has 1 aromatic rings. The molecule has 0 unspecified atom stereocenters. The predicted molar refractivity (Wildman–Crippen MR) is 71.8 cm³/mol. The van der Waals surface area contributed by atoms with E-state index in [0.29, 0.717) is 25.7 Å². The third-order valence-electron chi connectivity index (χ3n) is 2.38. The van der Waals surface area contributed by atoms with Crippen molar-refractivity contribution in [1.29, 1.82) is 0 Å². The molecular weight excluding hydrogens is 230 g/mol. The average Bonchev–Trinajstić information content (AvgIpc) is 2.40. The van der Waals surface area contributed by atoms with Crippen molar-refractivity contribution < 1.29 is 4.74 Å². The number of hydrogen-bond donors (Lipinski definition) is 2. The van der Waals surface area contributed by atoms with Crippen molar-refractivity contribution in [2.24, 2.45) is 10.8 Å². The zero-order valence-corrected chi connectivity index (χ0v) is 11.0. The number of guanidine groups is 1. The van der Waals surface area contributed by atoms with E-state index in [1.165, 1.54) is 0 Å². The van der Waals surface area contributed by atoms with Gasteiger partial charge in [0.05, 0.1) is 12.2 Å². The molecule has 3 N–H and O–H groups in total. The van der Waals surface area contributed by atoms with Crippen LogP contribution in [0.4, 0.5) is 0 Å². The molecule has 0 spiro atoms. The Morgan fingerprint density at radius 3 is 3.00 bits per heavy atom. The Labute approximate surface area is 108 Å². The summed E-state index contributed by atoms with van der Waals surface area (Å²) in [4.78, 5) is 10.6. The Morgan fingerprint density at radius 2 is 2.39 bits per heavy atom. The van der Waals surface area contributed by atoms with Gasteiger partial charge in [-0.25, -0.2) is 5.84 Å². The van der Waals surface area contributed by atoms with Crippen LogP contribution in [0.2, 0.25) is 0 Å². The minimum absolute atomic E-state index is 0.650. The fourth-order valence-electron chi connectivity index (χ4n) is 1.48. The molecule has 0 saturated heterocycles. The molecule has 0 fully saturated rings. The van der Waals surface area contributed by atoms with Crippen LogP contribution in [0.15, 0.2) is 29.4 Å². The topological polar surface area (TPSA) is 75.8 Å². The molecule has 0 aromatic carbocycles. The van der Waals surface area contributed by atoms with Crippen LogP contribution in [-0.2, 0) is 11.3 Å². The highest BCUT2D eigenvalue weighted by Gasteiger charge is 2.05. The SMILES string of the molecule is COCCCN=C(NN)N(C)Cc1ccccn1. The van der Waals surface area contributed by atoms with Crippen LogP contribution in [0.3, 0.4) is 0 Å². The summed E-state index contributed by atoms with van der Waals surface area (Å²) in [5, 5.41) is 0. The van der Waals surface area contributed by atoms with E-state index in [9.17, 15) is 0 Å². The number of methoxy groups -OCH3 is 1. The molecule has 0 amide bonds. The van der Waals surface area contributed by atoms with E-state index in [4.69, 9.17) is 10.6 Å². The number of nitrogens with one attached hydrogen (secondary N) is 1. The van der Waals surface area contributed by atoms with Gasteiger partial charge in [-0.15, -0.1) is 0 Å². The maximum absolute atomic E-state index is 5.47. The number of rotatable bonds is 6. The molecule has 0 bridgehead atoms. The summed E-state index contributed by atoms with van der Waals surface area (Å²) < 4.78 is 4.97. The van der Waals surface area contributed by atoms with Gasteiger partial charge in [0.15, 0.2) is 0 Å². The van der Waals surface area contributed by atoms with Gasteiger partial charge in [-0.2, -0.15) is 0 Å². The first kappa shape index (κ1) is 14.4. The van der Waals surface area contributed by atoms with Crippen LogP contribution in [0, 0.1) is 0 Å². The zero-order chi connectivity index (χ0) is 13.2. The van der Waals surface area contributed by atoms with Gasteiger partial charge >= 0.3 is 0 Å². The molecule has 1 aromatic heterocycles. The Balaban J connectivity index is 2.48. The second-order valence-corrected chi connectivity index (χ2v) is 3.87. The van der Waals surface area contributed by atoms with E-state index in [2.05, 4.69) is 15.4 Å². The van der Waals surface area contributed by atoms with Crippen LogP contribution in [0.25, 0.3) is 0 Å². The minimum atomic E-state index is 0.650. The quantitative estimate of drug-likeness (QED) is 0.251. The molecule has 1 rings (SSSR count). The molecule has 0 aliphatic rings. The fraction of sp³-hybridized carbons (Fsp3) is 0.500. The van der Waals surface area contributed by atoms with E-state index in [-0.39, 0.29) is 0 Å². The van der Waals surface area contributed by atoms with Gasteiger partial charge in [0.2, 0.25) is 5.96 Å². The summed E-state index contributed by atoms with van der Waals surface area (Å²) in [6.45, 7) is 2.04. The predicted octanol–water partition coefficient (Wildman–Crippen LogP) is 0.369. The largest absolute Gasteiger partial charge is 0.385 e. The second kappa shape index (κ2) is 8.43. The summed E-state index contributed by atoms with van der Waals surface area (Å²) >= 11 is 0. The Morgan fingerprint density at radius 1 is 1.56 bits per heavy atom. The molecule has 0 aliphatic heterocycles. The van der Waals surface area contributed by atoms with Gasteiger partial charge in [-0.3, -0.25) is 15.4 Å². The number of nitrogens with two attached hydrogens (primary N) is 1. The van der Waals surface area contributed by atoms with Crippen molar-refractivity contribution in [1.82, 2.24) is 15.3 Å². The molecule has 1 heterocycles. The number of hydrazine groups is 1. The number of nitrogens with zero attached hydrogens (tertiary/aromatic N) is 3. The number of aromatic nitrogens is 1. The summed E-state index contributed by atoms with van der Waals surface area (Å²) in [5.74, 6) is 6.12. The smallest absolute Gasteiger partial charge is 0.208 e. The van der Waals surface area contributed by atoms with Gasteiger partial charge < -0.3 is 9.64 Å². The molecule has 100 valence electrons. The standard InChI is InChI=1S/C12H21N5O/c1-17(10-11-6-3-4-7-14-11)12(16-13)15-8-5-9-18-2/h3-4,6-7H,5,8-10,13H2,1-2H3,(H,15,16). The zero-order valence-electron chi connectivity index (χ0n) is 11.0. The maximum Gasteiger partial charge on any atom is 0.208 e. The summed E-state index contributed by atoms with van der Waals surface area (Å²) in [7, 11) is 3.60. The Bertz CT molecular complexity index is 355. The number of ether oxygens (including phenoxy) is 1. The fourth-order valence-corrected chi connectivity index (χ4v) is 1.48. The minimum Gasteiger partial charge on any atom is -0.385 e. The van der Waals surface area contributed by atoms with Crippen molar-refractivity contribution in [3.8, 4) is 0 Å². The van der Waals surface area contributed by atoms with E-state index >= 15 is 0 Å². The molecule has 0 radical (unpaired) electrons. The van der Waals surface area contributed by atoms with Gasteiger partial charge in [-0.05, 0) is 18.6 Å².